The van der Waals surface area contributed by atoms with Crippen molar-refractivity contribution in [2.45, 2.75) is 38.1 Å². The van der Waals surface area contributed by atoms with E-state index in [0.717, 1.165) is 24.2 Å². The minimum absolute atomic E-state index is 0.251. The van der Waals surface area contributed by atoms with Crippen LogP contribution in [0.2, 0.25) is 0 Å². The fourth-order valence-corrected chi connectivity index (χ4v) is 4.12. The van der Waals surface area contributed by atoms with Crippen molar-refractivity contribution in [2.75, 3.05) is 13.1 Å². The van der Waals surface area contributed by atoms with Gasteiger partial charge in [-0.1, -0.05) is 36.1 Å². The Hall–Kier alpha value is -2.57. The molecule has 3 nitrogen and oxygen atoms in total. The van der Waals surface area contributed by atoms with E-state index < -0.39 is 5.97 Å². The van der Waals surface area contributed by atoms with Crippen molar-refractivity contribution in [3.63, 3.8) is 0 Å². The Morgan fingerprint density at radius 2 is 2.00 bits per heavy atom. The molecule has 0 saturated heterocycles. The highest BCUT2D eigenvalue weighted by Gasteiger charge is 2.51. The highest BCUT2D eigenvalue weighted by atomic mass is 16.4. The third-order valence-electron chi connectivity index (χ3n) is 5.74. The van der Waals surface area contributed by atoms with Gasteiger partial charge in [0.15, 0.2) is 0 Å². The fraction of sp³-hybridized carbons (Fsp3) is 0.348. The summed E-state index contributed by atoms with van der Waals surface area (Å²) in [5, 5.41) is 8.97. The van der Waals surface area contributed by atoms with Gasteiger partial charge >= 0.3 is 5.97 Å². The van der Waals surface area contributed by atoms with Crippen molar-refractivity contribution in [2.24, 2.45) is 0 Å². The summed E-state index contributed by atoms with van der Waals surface area (Å²) < 4.78 is 0. The van der Waals surface area contributed by atoms with E-state index in [0.29, 0.717) is 6.54 Å². The van der Waals surface area contributed by atoms with Gasteiger partial charge in [0.25, 0.3) is 0 Å². The van der Waals surface area contributed by atoms with E-state index in [2.05, 4.69) is 49.1 Å². The molecule has 26 heavy (non-hydrogen) atoms. The molecule has 2 aliphatic rings. The summed E-state index contributed by atoms with van der Waals surface area (Å²) in [4.78, 5) is 12.3. The maximum atomic E-state index is 10.9. The second kappa shape index (κ2) is 6.63. The van der Waals surface area contributed by atoms with Crippen LogP contribution in [-0.4, -0.2) is 24.2 Å². The van der Waals surface area contributed by atoms with Crippen molar-refractivity contribution in [3.05, 3.63) is 70.3 Å². The molecule has 1 fully saturated rings. The molecule has 0 amide bonds. The van der Waals surface area contributed by atoms with E-state index in [1.807, 2.05) is 12.1 Å². The highest BCUT2D eigenvalue weighted by Crippen LogP contribution is 2.49. The summed E-state index contributed by atoms with van der Waals surface area (Å²) in [7, 11) is 0. The number of fused-ring (bicyclic) bond motifs is 2. The van der Waals surface area contributed by atoms with Crippen LogP contribution in [0.15, 0.2) is 42.5 Å². The van der Waals surface area contributed by atoms with Gasteiger partial charge in [0, 0.05) is 22.1 Å². The molecule has 1 atom stereocenters. The van der Waals surface area contributed by atoms with Crippen LogP contribution in [0.25, 0.3) is 0 Å². The monoisotopic (exact) mass is 346 g/mol. The Balaban J connectivity index is 1.58. The number of hydrogen-bond donors (Lipinski definition) is 2. The van der Waals surface area contributed by atoms with Gasteiger partial charge in [0.2, 0.25) is 0 Å². The topological polar surface area (TPSA) is 41.7 Å². The minimum Gasteiger partial charge on any atom is -0.481 e. The van der Waals surface area contributed by atoms with Crippen LogP contribution in [-0.2, 0) is 16.8 Å². The summed E-state index contributed by atoms with van der Waals surface area (Å²) in [6.07, 6.45) is 2.68. The molecule has 0 bridgehead atoms. The van der Waals surface area contributed by atoms with Crippen molar-refractivity contribution in [1.29, 1.82) is 0 Å². The van der Waals surface area contributed by atoms with Gasteiger partial charge < -0.3 is 10.0 Å². The summed E-state index contributed by atoms with van der Waals surface area (Å²) in [6.45, 7) is 4.79. The predicted molar refractivity (Wildman–Crippen MR) is 101 cm³/mol. The number of hydrogen-bond acceptors (Lipinski definition) is 1. The molecule has 2 N–H and O–H groups in total. The lowest BCUT2D eigenvalue weighted by atomic mass is 9.85. The quantitative estimate of drug-likeness (QED) is 0.838. The lowest BCUT2D eigenvalue weighted by Crippen LogP contribution is -3.12. The molecule has 1 aliphatic heterocycles. The normalized spacial score (nSPS) is 19.3. The van der Waals surface area contributed by atoms with Gasteiger partial charge in [0.1, 0.15) is 6.54 Å². The van der Waals surface area contributed by atoms with Crippen LogP contribution in [0, 0.1) is 18.8 Å². The number of benzene rings is 2. The Bertz CT molecular complexity index is 915. The van der Waals surface area contributed by atoms with Crippen molar-refractivity contribution in [1.82, 2.24) is 0 Å². The smallest absolute Gasteiger partial charge is 0.309 e. The van der Waals surface area contributed by atoms with Gasteiger partial charge in [-0.3, -0.25) is 4.79 Å². The Kier molecular flexibility index (Phi) is 4.30. The first kappa shape index (κ1) is 16.9. The summed E-state index contributed by atoms with van der Waals surface area (Å²) in [6, 6.07) is 14.8. The molecule has 2 aromatic carbocycles. The molecule has 1 aliphatic carbocycles. The lowest BCUT2D eigenvalue weighted by Gasteiger charge is -2.32. The minimum atomic E-state index is -0.699. The average Bonchev–Trinajstić information content (AvgIpc) is 3.39. The fourth-order valence-electron chi connectivity index (χ4n) is 4.12. The molecule has 2 aromatic rings. The average molecular weight is 346 g/mol. The zero-order valence-electron chi connectivity index (χ0n) is 15.1. The molecular weight excluding hydrogens is 322 g/mol. The zero-order chi connectivity index (χ0) is 18.1. The number of quaternary nitrogens is 1. The van der Waals surface area contributed by atoms with Gasteiger partial charge in [-0.05, 0) is 49.1 Å². The predicted octanol–water partition coefficient (Wildman–Crippen LogP) is 2.30. The van der Waals surface area contributed by atoms with E-state index in [1.54, 1.807) is 0 Å². The lowest BCUT2D eigenvalue weighted by molar-refractivity contribution is -0.918. The van der Waals surface area contributed by atoms with Crippen LogP contribution in [0.1, 0.15) is 47.1 Å². The van der Waals surface area contributed by atoms with Crippen molar-refractivity contribution >= 4 is 5.97 Å². The molecule has 3 heteroatoms. The van der Waals surface area contributed by atoms with Crippen LogP contribution in [0.5, 0.6) is 0 Å². The molecule has 0 radical (unpaired) electrons. The van der Waals surface area contributed by atoms with E-state index in [-0.39, 0.29) is 11.8 Å². The van der Waals surface area contributed by atoms with Gasteiger partial charge in [0.05, 0.1) is 19.5 Å². The van der Waals surface area contributed by atoms with Crippen LogP contribution >= 0.6 is 0 Å². The van der Waals surface area contributed by atoms with E-state index >= 15 is 0 Å². The summed E-state index contributed by atoms with van der Waals surface area (Å²) >= 11 is 0. The zero-order valence-corrected chi connectivity index (χ0v) is 15.1. The standard InChI is InChI=1S/C23H23NO2/c1-17-4-2-3-5-19(17)8-6-18-7-9-20-15-24(13-10-22(25)26)16-23(11-12-23)21(20)14-18/h2-5,7,9,14H,10-13,15-16H2,1H3,(H,25,26)/p+1. The first-order valence-electron chi connectivity index (χ1n) is 9.32. The number of aryl methyl sites for hydroxylation is 1. The summed E-state index contributed by atoms with van der Waals surface area (Å²) in [5.41, 5.74) is 6.45. The second-order valence-corrected chi connectivity index (χ2v) is 7.71. The first-order valence-corrected chi connectivity index (χ1v) is 9.32. The van der Waals surface area contributed by atoms with E-state index in [1.165, 1.54) is 34.4 Å². The van der Waals surface area contributed by atoms with Crippen LogP contribution < -0.4 is 4.90 Å². The molecule has 0 aromatic heterocycles. The number of carboxylic acids is 1. The third kappa shape index (κ3) is 3.38. The summed E-state index contributed by atoms with van der Waals surface area (Å²) in [5.74, 6) is 5.94. The SMILES string of the molecule is Cc1ccccc1C#Cc1ccc2c(c1)C1(CC1)C[NH+](CCC(=O)O)C2. The van der Waals surface area contributed by atoms with E-state index in [9.17, 15) is 4.79 Å². The van der Waals surface area contributed by atoms with Crippen LogP contribution in [0.4, 0.5) is 0 Å². The second-order valence-electron chi connectivity index (χ2n) is 7.71. The van der Waals surface area contributed by atoms with Crippen LogP contribution in [0.3, 0.4) is 0 Å². The van der Waals surface area contributed by atoms with Crippen molar-refractivity contribution in [3.8, 4) is 11.8 Å². The number of nitrogens with one attached hydrogen (secondary N) is 1. The number of rotatable bonds is 3. The van der Waals surface area contributed by atoms with Gasteiger partial charge in [-0.2, -0.15) is 0 Å². The van der Waals surface area contributed by atoms with Crippen molar-refractivity contribution < 1.29 is 14.8 Å². The maximum Gasteiger partial charge on any atom is 0.309 e. The molecule has 1 heterocycles. The first-order chi connectivity index (χ1) is 12.6. The Labute approximate surface area is 154 Å². The maximum absolute atomic E-state index is 10.9. The number of carboxylic acid groups (broad SMARTS) is 1. The largest absolute Gasteiger partial charge is 0.481 e. The molecule has 1 unspecified atom stereocenters. The Morgan fingerprint density at radius 1 is 1.19 bits per heavy atom. The third-order valence-corrected chi connectivity index (χ3v) is 5.74. The molecule has 4 rings (SSSR count). The van der Waals surface area contributed by atoms with Gasteiger partial charge in [-0.15, -0.1) is 0 Å². The van der Waals surface area contributed by atoms with Gasteiger partial charge in [-0.25, -0.2) is 0 Å². The van der Waals surface area contributed by atoms with E-state index in [4.69, 9.17) is 5.11 Å². The Morgan fingerprint density at radius 3 is 2.73 bits per heavy atom. The molecule has 132 valence electrons. The molecular formula is C23H24NO2+. The number of carbonyl (C=O) groups is 1. The molecule has 1 saturated carbocycles. The molecule has 1 spiro atoms. The highest BCUT2D eigenvalue weighted by molar-refractivity contribution is 5.66. The number of aliphatic carboxylic acids is 1.